The van der Waals surface area contributed by atoms with Crippen LogP contribution in [0.3, 0.4) is 0 Å². The number of hydrogen-bond acceptors (Lipinski definition) is 3. The van der Waals surface area contributed by atoms with Gasteiger partial charge in [0.1, 0.15) is 0 Å². The molecule has 2 aromatic carbocycles. The van der Waals surface area contributed by atoms with Crippen LogP contribution in [0, 0.1) is 13.8 Å². The number of hydrogen-bond donors (Lipinski definition) is 3. The fraction of sp³-hybridized carbons (Fsp3) is 0.263. The Kier molecular flexibility index (Phi) is 6.83. The van der Waals surface area contributed by atoms with Crippen molar-refractivity contribution in [3.63, 3.8) is 0 Å². The number of benzene rings is 2. The molecule has 0 saturated carbocycles. The molecule has 0 radical (unpaired) electrons. The van der Waals surface area contributed by atoms with Gasteiger partial charge in [-0.05, 0) is 43.5 Å². The van der Waals surface area contributed by atoms with Crippen LogP contribution in [0.5, 0.6) is 0 Å². The van der Waals surface area contributed by atoms with Crippen LogP contribution in [-0.4, -0.2) is 18.4 Å². The molecule has 0 saturated heterocycles. The van der Waals surface area contributed by atoms with Crippen LogP contribution < -0.4 is 16.2 Å². The minimum atomic E-state index is -0.314. The van der Waals surface area contributed by atoms with Crippen molar-refractivity contribution < 1.29 is 9.59 Å². The van der Waals surface area contributed by atoms with Gasteiger partial charge >= 0.3 is 0 Å². The summed E-state index contributed by atoms with van der Waals surface area (Å²) in [7, 11) is 0. The van der Waals surface area contributed by atoms with E-state index in [2.05, 4.69) is 16.2 Å². The van der Waals surface area contributed by atoms with Crippen molar-refractivity contribution in [3.05, 3.63) is 64.2 Å². The summed E-state index contributed by atoms with van der Waals surface area (Å²) in [6, 6.07) is 13.3. The molecule has 0 atom stereocenters. The molecule has 0 spiro atoms. The van der Waals surface area contributed by atoms with E-state index in [1.165, 1.54) is 5.56 Å². The molecule has 2 amide bonds. The van der Waals surface area contributed by atoms with Gasteiger partial charge in [0, 0.05) is 17.1 Å². The topological polar surface area (TPSA) is 70.2 Å². The first kappa shape index (κ1) is 18.8. The first-order valence-corrected chi connectivity index (χ1v) is 8.45. The molecule has 3 N–H and O–H groups in total. The fourth-order valence-corrected chi connectivity index (χ4v) is 2.61. The molecule has 0 unspecified atom stereocenters. The zero-order chi connectivity index (χ0) is 18.2. The maximum Gasteiger partial charge on any atom is 0.257 e. The lowest BCUT2D eigenvalue weighted by Gasteiger charge is -2.11. The van der Waals surface area contributed by atoms with Gasteiger partial charge in [0.25, 0.3) is 5.91 Å². The summed E-state index contributed by atoms with van der Waals surface area (Å²) in [5, 5.41) is 3.68. The van der Waals surface area contributed by atoms with E-state index in [1.807, 2.05) is 50.2 Å². The normalized spacial score (nSPS) is 10.2. The fourth-order valence-electron chi connectivity index (χ4n) is 2.38. The van der Waals surface area contributed by atoms with E-state index >= 15 is 0 Å². The summed E-state index contributed by atoms with van der Waals surface area (Å²) in [6.07, 6.45) is 0.761. The SMILES string of the molecule is Cc1ccc(NCC(=O)NNC(=O)CCc2ccccc2Cl)c(C)c1. The van der Waals surface area contributed by atoms with Crippen LogP contribution in [0.2, 0.25) is 5.02 Å². The number of amides is 2. The highest BCUT2D eigenvalue weighted by atomic mass is 35.5. The number of carbonyl (C=O) groups excluding carboxylic acids is 2. The highest BCUT2D eigenvalue weighted by Gasteiger charge is 2.07. The number of hydrazine groups is 1. The van der Waals surface area contributed by atoms with Crippen molar-refractivity contribution in [2.24, 2.45) is 0 Å². The molecule has 6 heteroatoms. The van der Waals surface area contributed by atoms with Gasteiger partial charge in [0.2, 0.25) is 5.91 Å². The summed E-state index contributed by atoms with van der Waals surface area (Å²) in [6.45, 7) is 4.07. The van der Waals surface area contributed by atoms with E-state index in [-0.39, 0.29) is 24.8 Å². The first-order chi connectivity index (χ1) is 12.0. The van der Waals surface area contributed by atoms with E-state index < -0.39 is 0 Å². The quantitative estimate of drug-likeness (QED) is 0.694. The van der Waals surface area contributed by atoms with E-state index in [0.29, 0.717) is 11.4 Å². The molecule has 25 heavy (non-hydrogen) atoms. The molecule has 0 bridgehead atoms. The summed E-state index contributed by atoms with van der Waals surface area (Å²) < 4.78 is 0. The number of anilines is 1. The molecular formula is C19H22ClN3O2. The summed E-state index contributed by atoms with van der Waals surface area (Å²) in [5.74, 6) is -0.578. The Morgan fingerprint density at radius 3 is 2.44 bits per heavy atom. The third kappa shape index (κ3) is 6.12. The summed E-state index contributed by atoms with van der Waals surface area (Å²) in [4.78, 5) is 23.6. The van der Waals surface area contributed by atoms with Gasteiger partial charge in [-0.15, -0.1) is 0 Å². The molecule has 132 valence electrons. The number of rotatable bonds is 6. The first-order valence-electron chi connectivity index (χ1n) is 8.08. The monoisotopic (exact) mass is 359 g/mol. The molecule has 0 aliphatic heterocycles. The summed E-state index contributed by atoms with van der Waals surface area (Å²) in [5.41, 5.74) is 8.84. The predicted molar refractivity (Wildman–Crippen MR) is 100 cm³/mol. The van der Waals surface area contributed by atoms with Crippen molar-refractivity contribution in [2.45, 2.75) is 26.7 Å². The van der Waals surface area contributed by atoms with Crippen LogP contribution in [-0.2, 0) is 16.0 Å². The largest absolute Gasteiger partial charge is 0.376 e. The van der Waals surface area contributed by atoms with E-state index in [9.17, 15) is 9.59 Å². The van der Waals surface area contributed by atoms with Gasteiger partial charge in [-0.3, -0.25) is 20.4 Å². The van der Waals surface area contributed by atoms with E-state index in [0.717, 1.165) is 16.8 Å². The van der Waals surface area contributed by atoms with Gasteiger partial charge in [-0.1, -0.05) is 47.5 Å². The van der Waals surface area contributed by atoms with Crippen LogP contribution in [0.1, 0.15) is 23.1 Å². The average Bonchev–Trinajstić information content (AvgIpc) is 2.58. The highest BCUT2D eigenvalue weighted by Crippen LogP contribution is 2.16. The second-order valence-corrected chi connectivity index (χ2v) is 6.27. The van der Waals surface area contributed by atoms with Gasteiger partial charge < -0.3 is 5.32 Å². The molecule has 0 aromatic heterocycles. The van der Waals surface area contributed by atoms with E-state index in [1.54, 1.807) is 6.07 Å². The van der Waals surface area contributed by atoms with Crippen molar-refractivity contribution in [1.82, 2.24) is 10.9 Å². The van der Waals surface area contributed by atoms with Crippen molar-refractivity contribution in [3.8, 4) is 0 Å². The molecule has 2 aromatic rings. The lowest BCUT2D eigenvalue weighted by atomic mass is 10.1. The number of halogens is 1. The Labute approximate surface area is 152 Å². The third-order valence-corrected chi connectivity index (χ3v) is 4.11. The third-order valence-electron chi connectivity index (χ3n) is 3.74. The van der Waals surface area contributed by atoms with Crippen LogP contribution in [0.15, 0.2) is 42.5 Å². The van der Waals surface area contributed by atoms with E-state index in [4.69, 9.17) is 11.6 Å². The minimum Gasteiger partial charge on any atom is -0.376 e. The molecule has 0 aliphatic carbocycles. The molecule has 0 heterocycles. The Bertz CT molecular complexity index is 762. The van der Waals surface area contributed by atoms with Crippen LogP contribution >= 0.6 is 11.6 Å². The van der Waals surface area contributed by atoms with Gasteiger partial charge in [-0.2, -0.15) is 0 Å². The Balaban J connectivity index is 1.70. The van der Waals surface area contributed by atoms with Gasteiger partial charge in [-0.25, -0.2) is 0 Å². The maximum absolute atomic E-state index is 11.8. The van der Waals surface area contributed by atoms with Crippen molar-refractivity contribution >= 4 is 29.1 Å². The smallest absolute Gasteiger partial charge is 0.257 e. The van der Waals surface area contributed by atoms with Gasteiger partial charge in [0.05, 0.1) is 6.54 Å². The Morgan fingerprint density at radius 1 is 1.00 bits per heavy atom. The maximum atomic E-state index is 11.8. The Hall–Kier alpha value is -2.53. The second-order valence-electron chi connectivity index (χ2n) is 5.86. The van der Waals surface area contributed by atoms with Gasteiger partial charge in [0.15, 0.2) is 0 Å². The van der Waals surface area contributed by atoms with Crippen molar-refractivity contribution in [1.29, 1.82) is 0 Å². The lowest BCUT2D eigenvalue weighted by Crippen LogP contribution is -2.44. The predicted octanol–water partition coefficient (Wildman–Crippen LogP) is 3.15. The zero-order valence-electron chi connectivity index (χ0n) is 14.4. The minimum absolute atomic E-state index is 0.0781. The van der Waals surface area contributed by atoms with Crippen LogP contribution in [0.4, 0.5) is 5.69 Å². The molecule has 0 aliphatic rings. The second kappa shape index (κ2) is 9.08. The number of aryl methyl sites for hydroxylation is 3. The Morgan fingerprint density at radius 2 is 1.72 bits per heavy atom. The molecule has 5 nitrogen and oxygen atoms in total. The molecular weight excluding hydrogens is 338 g/mol. The highest BCUT2D eigenvalue weighted by molar-refractivity contribution is 6.31. The summed E-state index contributed by atoms with van der Waals surface area (Å²) >= 11 is 6.05. The molecule has 2 rings (SSSR count). The number of carbonyl (C=O) groups is 2. The lowest BCUT2D eigenvalue weighted by molar-refractivity contribution is -0.128. The number of nitrogens with one attached hydrogen (secondary N) is 3. The zero-order valence-corrected chi connectivity index (χ0v) is 15.1. The average molecular weight is 360 g/mol. The van der Waals surface area contributed by atoms with Crippen molar-refractivity contribution in [2.75, 3.05) is 11.9 Å². The standard InChI is InChI=1S/C19H22ClN3O2/c1-13-7-9-17(14(2)11-13)21-12-19(25)23-22-18(24)10-8-15-5-3-4-6-16(15)20/h3-7,9,11,21H,8,10,12H2,1-2H3,(H,22,24)(H,23,25). The van der Waals surface area contributed by atoms with Crippen LogP contribution in [0.25, 0.3) is 0 Å². The molecule has 0 fully saturated rings.